The number of aromatic carboxylic acids is 1. The van der Waals surface area contributed by atoms with Crippen molar-refractivity contribution in [2.75, 3.05) is 6.54 Å². The molecule has 8 heteroatoms. The molecule has 0 aliphatic carbocycles. The minimum atomic E-state index is -3.91. The van der Waals surface area contributed by atoms with E-state index in [2.05, 4.69) is 10.2 Å². The summed E-state index contributed by atoms with van der Waals surface area (Å²) in [4.78, 5) is 11.2. The Kier molecular flexibility index (Phi) is 4.70. The number of hydrogen-bond donors (Lipinski definition) is 2. The molecule has 0 aliphatic heterocycles. The summed E-state index contributed by atoms with van der Waals surface area (Å²) >= 11 is 0. The van der Waals surface area contributed by atoms with Crippen LogP contribution in [0.25, 0.3) is 0 Å². The third kappa shape index (κ3) is 2.79. The lowest BCUT2D eigenvalue weighted by atomic mass is 10.3. The standard InChI is InChI=1S/C11H19N3O4S/c1-5-7(3)14(6-2)19(17,18)10-9(11(15)16)8(4)12-13-10/h7H,5-6H2,1-4H3,(H,12,13)(H,15,16). The van der Waals surface area contributed by atoms with E-state index in [-0.39, 0.29) is 23.8 Å². The van der Waals surface area contributed by atoms with Crippen LogP contribution in [0, 0.1) is 6.92 Å². The van der Waals surface area contributed by atoms with Crippen LogP contribution >= 0.6 is 0 Å². The summed E-state index contributed by atoms with van der Waals surface area (Å²) in [6.45, 7) is 7.11. The number of nitrogens with zero attached hydrogens (tertiary/aromatic N) is 2. The number of sulfonamides is 1. The lowest BCUT2D eigenvalue weighted by molar-refractivity contribution is 0.0691. The van der Waals surface area contributed by atoms with Crippen molar-refractivity contribution >= 4 is 16.0 Å². The molecular weight excluding hydrogens is 270 g/mol. The maximum absolute atomic E-state index is 12.5. The van der Waals surface area contributed by atoms with Gasteiger partial charge in [0.2, 0.25) is 5.03 Å². The molecule has 7 nitrogen and oxygen atoms in total. The van der Waals surface area contributed by atoms with Crippen LogP contribution in [0.3, 0.4) is 0 Å². The average molecular weight is 289 g/mol. The molecule has 0 amide bonds. The highest BCUT2D eigenvalue weighted by atomic mass is 32.2. The van der Waals surface area contributed by atoms with Gasteiger partial charge < -0.3 is 5.11 Å². The van der Waals surface area contributed by atoms with Crippen LogP contribution in [0.5, 0.6) is 0 Å². The van der Waals surface area contributed by atoms with E-state index in [4.69, 9.17) is 5.11 Å². The van der Waals surface area contributed by atoms with E-state index in [1.807, 2.05) is 6.92 Å². The number of carboxylic acids is 1. The van der Waals surface area contributed by atoms with E-state index in [1.54, 1.807) is 13.8 Å². The summed E-state index contributed by atoms with van der Waals surface area (Å²) in [5.41, 5.74) is -0.0620. The normalized spacial score (nSPS) is 13.7. The molecule has 0 spiro atoms. The van der Waals surface area contributed by atoms with Gasteiger partial charge in [0.1, 0.15) is 5.56 Å². The number of aromatic amines is 1. The van der Waals surface area contributed by atoms with E-state index < -0.39 is 21.0 Å². The van der Waals surface area contributed by atoms with Crippen LogP contribution in [0.4, 0.5) is 0 Å². The highest BCUT2D eigenvalue weighted by Gasteiger charge is 2.34. The number of carbonyl (C=O) groups is 1. The molecule has 0 saturated heterocycles. The Morgan fingerprint density at radius 1 is 1.47 bits per heavy atom. The Morgan fingerprint density at radius 2 is 2.05 bits per heavy atom. The van der Waals surface area contributed by atoms with Crippen LogP contribution in [0.1, 0.15) is 43.2 Å². The van der Waals surface area contributed by atoms with Crippen LogP contribution in [0.15, 0.2) is 5.03 Å². The topological polar surface area (TPSA) is 103 Å². The molecule has 0 fully saturated rings. The molecule has 1 aromatic heterocycles. The van der Waals surface area contributed by atoms with Crippen molar-refractivity contribution in [3.05, 3.63) is 11.3 Å². The number of nitrogens with one attached hydrogen (secondary N) is 1. The third-order valence-corrected chi connectivity index (χ3v) is 5.09. The van der Waals surface area contributed by atoms with E-state index in [0.29, 0.717) is 6.42 Å². The molecule has 0 saturated carbocycles. The molecular formula is C11H19N3O4S. The summed E-state index contributed by atoms with van der Waals surface area (Å²) in [5.74, 6) is -1.30. The molecule has 19 heavy (non-hydrogen) atoms. The first kappa shape index (κ1) is 15.6. The van der Waals surface area contributed by atoms with Gasteiger partial charge in [0.15, 0.2) is 0 Å². The molecule has 1 aromatic rings. The van der Waals surface area contributed by atoms with Crippen LogP contribution in [-0.4, -0.2) is 46.6 Å². The Hall–Kier alpha value is -1.41. The van der Waals surface area contributed by atoms with Crippen LogP contribution < -0.4 is 0 Å². The van der Waals surface area contributed by atoms with Crippen molar-refractivity contribution in [2.45, 2.75) is 45.2 Å². The maximum atomic E-state index is 12.5. The Bertz CT molecular complexity index is 564. The zero-order valence-electron chi connectivity index (χ0n) is 11.5. The number of aryl methyl sites for hydroxylation is 1. The lowest BCUT2D eigenvalue weighted by Crippen LogP contribution is -2.38. The van der Waals surface area contributed by atoms with E-state index >= 15 is 0 Å². The Labute approximate surface area is 112 Å². The summed E-state index contributed by atoms with van der Waals surface area (Å²) in [6.07, 6.45) is 0.638. The molecule has 2 N–H and O–H groups in total. The predicted octanol–water partition coefficient (Wildman–Crippen LogP) is 1.23. The number of aromatic nitrogens is 2. The van der Waals surface area contributed by atoms with Gasteiger partial charge in [-0.2, -0.15) is 9.40 Å². The predicted molar refractivity (Wildman–Crippen MR) is 69.6 cm³/mol. The number of H-pyrrole nitrogens is 1. The number of hydrogen-bond acceptors (Lipinski definition) is 4. The van der Waals surface area contributed by atoms with Crippen molar-refractivity contribution in [2.24, 2.45) is 0 Å². The van der Waals surface area contributed by atoms with E-state index in [1.165, 1.54) is 11.2 Å². The van der Waals surface area contributed by atoms with Crippen molar-refractivity contribution in [3.63, 3.8) is 0 Å². The molecule has 108 valence electrons. The van der Waals surface area contributed by atoms with Gasteiger partial charge >= 0.3 is 5.97 Å². The SMILES string of the molecule is CCC(C)N(CC)S(=O)(=O)c1n[nH]c(C)c1C(=O)O. The first-order chi connectivity index (χ1) is 8.77. The van der Waals surface area contributed by atoms with Gasteiger partial charge in [-0.25, -0.2) is 13.2 Å². The van der Waals surface area contributed by atoms with Gasteiger partial charge in [-0.15, -0.1) is 0 Å². The lowest BCUT2D eigenvalue weighted by Gasteiger charge is -2.25. The molecule has 0 aliphatic rings. The monoisotopic (exact) mass is 289 g/mol. The van der Waals surface area contributed by atoms with E-state index in [9.17, 15) is 13.2 Å². The number of rotatable bonds is 6. The van der Waals surface area contributed by atoms with Gasteiger partial charge in [-0.3, -0.25) is 5.10 Å². The molecule has 1 heterocycles. The first-order valence-electron chi connectivity index (χ1n) is 6.07. The molecule has 1 atom stereocenters. The maximum Gasteiger partial charge on any atom is 0.340 e. The molecule has 1 rings (SSSR count). The quantitative estimate of drug-likeness (QED) is 0.819. The average Bonchev–Trinajstić information content (AvgIpc) is 2.72. The Morgan fingerprint density at radius 3 is 2.47 bits per heavy atom. The van der Waals surface area contributed by atoms with Crippen molar-refractivity contribution in [1.29, 1.82) is 0 Å². The minimum absolute atomic E-state index is 0.214. The van der Waals surface area contributed by atoms with Crippen molar-refractivity contribution in [1.82, 2.24) is 14.5 Å². The molecule has 0 radical (unpaired) electrons. The zero-order chi connectivity index (χ0) is 14.8. The van der Waals surface area contributed by atoms with Gasteiger partial charge in [-0.1, -0.05) is 13.8 Å². The fraction of sp³-hybridized carbons (Fsp3) is 0.636. The highest BCUT2D eigenvalue weighted by molar-refractivity contribution is 7.89. The smallest absolute Gasteiger partial charge is 0.340 e. The molecule has 1 unspecified atom stereocenters. The van der Waals surface area contributed by atoms with Gasteiger partial charge in [0, 0.05) is 18.3 Å². The molecule has 0 bridgehead atoms. The van der Waals surface area contributed by atoms with Gasteiger partial charge in [-0.05, 0) is 20.3 Å². The van der Waals surface area contributed by atoms with Gasteiger partial charge in [0.05, 0.1) is 0 Å². The second-order valence-corrected chi connectivity index (χ2v) is 6.11. The fourth-order valence-electron chi connectivity index (χ4n) is 1.88. The summed E-state index contributed by atoms with van der Waals surface area (Å²) < 4.78 is 26.2. The largest absolute Gasteiger partial charge is 0.478 e. The summed E-state index contributed by atoms with van der Waals surface area (Å²) in [7, 11) is -3.91. The van der Waals surface area contributed by atoms with Gasteiger partial charge in [0.25, 0.3) is 10.0 Å². The van der Waals surface area contributed by atoms with Crippen molar-refractivity contribution in [3.8, 4) is 0 Å². The fourth-order valence-corrected chi connectivity index (χ4v) is 3.72. The van der Waals surface area contributed by atoms with Crippen LogP contribution in [-0.2, 0) is 10.0 Å². The first-order valence-corrected chi connectivity index (χ1v) is 7.51. The second-order valence-electron chi connectivity index (χ2n) is 4.30. The molecule has 0 aromatic carbocycles. The van der Waals surface area contributed by atoms with Crippen molar-refractivity contribution < 1.29 is 18.3 Å². The Balaban J connectivity index is 3.39. The zero-order valence-corrected chi connectivity index (χ0v) is 12.3. The van der Waals surface area contributed by atoms with E-state index in [0.717, 1.165) is 0 Å². The van der Waals surface area contributed by atoms with Crippen LogP contribution in [0.2, 0.25) is 0 Å². The third-order valence-electron chi connectivity index (χ3n) is 3.08. The summed E-state index contributed by atoms with van der Waals surface area (Å²) in [6, 6.07) is -0.214. The number of carboxylic acid groups (broad SMARTS) is 1. The second kappa shape index (κ2) is 5.70. The minimum Gasteiger partial charge on any atom is -0.478 e. The highest BCUT2D eigenvalue weighted by Crippen LogP contribution is 2.22. The summed E-state index contributed by atoms with van der Waals surface area (Å²) in [5, 5.41) is 14.8.